The molecule has 0 saturated heterocycles. The molecule has 1 rings (SSSR count). The molecule has 0 spiro atoms. The standard InChI is InChI=1S/C8H9BrFNO3S/c9-7-5-6(10)1-2-8(7)11-15(13,14)4-3-12/h1-2,5,11-12H,3-4H2. The van der Waals surface area contributed by atoms with E-state index in [1.165, 1.54) is 6.07 Å². The Bertz CT molecular complexity index is 449. The Hall–Kier alpha value is -0.660. The molecule has 4 nitrogen and oxygen atoms in total. The zero-order chi connectivity index (χ0) is 11.5. The largest absolute Gasteiger partial charge is 0.395 e. The molecule has 0 fully saturated rings. The molecule has 0 aliphatic carbocycles. The first-order valence-electron chi connectivity index (χ1n) is 4.01. The average molecular weight is 298 g/mol. The van der Waals surface area contributed by atoms with E-state index in [-0.39, 0.29) is 5.69 Å². The lowest BCUT2D eigenvalue weighted by molar-refractivity contribution is 0.320. The molecule has 0 atom stereocenters. The van der Waals surface area contributed by atoms with E-state index >= 15 is 0 Å². The second-order valence-electron chi connectivity index (χ2n) is 2.77. The third-order valence-electron chi connectivity index (χ3n) is 1.56. The molecule has 1 aromatic rings. The normalized spacial score (nSPS) is 11.4. The highest BCUT2D eigenvalue weighted by Gasteiger charge is 2.11. The van der Waals surface area contributed by atoms with Crippen molar-refractivity contribution in [2.24, 2.45) is 0 Å². The smallest absolute Gasteiger partial charge is 0.235 e. The highest BCUT2D eigenvalue weighted by atomic mass is 79.9. The summed E-state index contributed by atoms with van der Waals surface area (Å²) in [5, 5.41) is 8.50. The van der Waals surface area contributed by atoms with Gasteiger partial charge in [-0.25, -0.2) is 12.8 Å². The second-order valence-corrected chi connectivity index (χ2v) is 5.46. The Kier molecular flexibility index (Phi) is 4.06. The van der Waals surface area contributed by atoms with Crippen LogP contribution >= 0.6 is 15.9 Å². The third kappa shape index (κ3) is 3.77. The summed E-state index contributed by atoms with van der Waals surface area (Å²) < 4.78 is 37.7. The minimum Gasteiger partial charge on any atom is -0.395 e. The van der Waals surface area contributed by atoms with Crippen molar-refractivity contribution in [1.29, 1.82) is 0 Å². The minimum atomic E-state index is -3.57. The zero-order valence-electron chi connectivity index (χ0n) is 7.57. The molecular formula is C8H9BrFNO3S. The van der Waals surface area contributed by atoms with Gasteiger partial charge in [-0.05, 0) is 34.1 Å². The number of anilines is 1. The Labute approximate surface area is 95.3 Å². The van der Waals surface area contributed by atoms with Gasteiger partial charge in [0.05, 0.1) is 18.0 Å². The highest BCUT2D eigenvalue weighted by molar-refractivity contribution is 9.10. The summed E-state index contributed by atoms with van der Waals surface area (Å²) in [6, 6.07) is 3.59. The summed E-state index contributed by atoms with van der Waals surface area (Å²) in [5.74, 6) is -0.858. The van der Waals surface area contributed by atoms with Crippen LogP contribution in [0.2, 0.25) is 0 Å². The summed E-state index contributed by atoms with van der Waals surface area (Å²) >= 11 is 3.02. The van der Waals surface area contributed by atoms with Crippen LogP contribution in [0.3, 0.4) is 0 Å². The van der Waals surface area contributed by atoms with E-state index in [2.05, 4.69) is 20.7 Å². The van der Waals surface area contributed by atoms with Crippen molar-refractivity contribution in [3.63, 3.8) is 0 Å². The van der Waals surface area contributed by atoms with Crippen LogP contribution in [0.25, 0.3) is 0 Å². The number of benzene rings is 1. The number of sulfonamides is 1. The molecule has 0 unspecified atom stereocenters. The second kappa shape index (κ2) is 4.91. The predicted molar refractivity (Wildman–Crippen MR) is 58.6 cm³/mol. The third-order valence-corrected chi connectivity index (χ3v) is 3.46. The van der Waals surface area contributed by atoms with Gasteiger partial charge in [0.1, 0.15) is 5.82 Å². The average Bonchev–Trinajstić information content (AvgIpc) is 2.09. The van der Waals surface area contributed by atoms with Gasteiger partial charge >= 0.3 is 0 Å². The Morgan fingerprint density at radius 1 is 1.47 bits per heavy atom. The number of hydrogen-bond acceptors (Lipinski definition) is 3. The summed E-state index contributed by atoms with van der Waals surface area (Å²) in [7, 11) is -3.57. The lowest BCUT2D eigenvalue weighted by Crippen LogP contribution is -2.19. The van der Waals surface area contributed by atoms with Crippen molar-refractivity contribution in [3.8, 4) is 0 Å². The lowest BCUT2D eigenvalue weighted by Gasteiger charge is -2.08. The van der Waals surface area contributed by atoms with Crippen molar-refractivity contribution in [2.45, 2.75) is 0 Å². The molecule has 0 heterocycles. The topological polar surface area (TPSA) is 66.4 Å². The molecule has 0 bridgehead atoms. The molecule has 0 aliphatic rings. The van der Waals surface area contributed by atoms with Gasteiger partial charge < -0.3 is 5.11 Å². The first-order valence-corrected chi connectivity index (χ1v) is 6.45. The molecule has 0 saturated carbocycles. The summed E-state index contributed by atoms with van der Waals surface area (Å²) in [6.07, 6.45) is 0. The van der Waals surface area contributed by atoms with Crippen LogP contribution in [0.15, 0.2) is 22.7 Å². The fourth-order valence-electron chi connectivity index (χ4n) is 0.911. The van der Waals surface area contributed by atoms with E-state index in [0.29, 0.717) is 4.47 Å². The monoisotopic (exact) mass is 297 g/mol. The van der Waals surface area contributed by atoms with Crippen molar-refractivity contribution < 1.29 is 17.9 Å². The van der Waals surface area contributed by atoms with Crippen LogP contribution in [0.4, 0.5) is 10.1 Å². The minimum absolute atomic E-state index is 0.241. The van der Waals surface area contributed by atoms with Gasteiger partial charge in [0.25, 0.3) is 0 Å². The van der Waals surface area contributed by atoms with Crippen LogP contribution in [-0.2, 0) is 10.0 Å². The van der Waals surface area contributed by atoms with Gasteiger partial charge in [-0.3, -0.25) is 4.72 Å². The van der Waals surface area contributed by atoms with Crippen LogP contribution in [0, 0.1) is 5.82 Å². The number of aliphatic hydroxyl groups is 1. The first kappa shape index (κ1) is 12.4. The number of nitrogens with one attached hydrogen (secondary N) is 1. The molecular weight excluding hydrogens is 289 g/mol. The Morgan fingerprint density at radius 2 is 2.13 bits per heavy atom. The molecule has 0 radical (unpaired) electrons. The first-order chi connectivity index (χ1) is 6.94. The Balaban J connectivity index is 2.90. The van der Waals surface area contributed by atoms with Gasteiger partial charge in [0.15, 0.2) is 0 Å². The fourth-order valence-corrected chi connectivity index (χ4v) is 2.35. The molecule has 7 heteroatoms. The quantitative estimate of drug-likeness (QED) is 0.881. The maximum atomic E-state index is 12.7. The maximum Gasteiger partial charge on any atom is 0.235 e. The molecule has 84 valence electrons. The number of halogens is 2. The van der Waals surface area contributed by atoms with E-state index in [4.69, 9.17) is 5.11 Å². The number of hydrogen-bond donors (Lipinski definition) is 2. The molecule has 0 aliphatic heterocycles. The van der Waals surface area contributed by atoms with Crippen LogP contribution < -0.4 is 4.72 Å². The van der Waals surface area contributed by atoms with Crippen LogP contribution in [-0.4, -0.2) is 25.9 Å². The summed E-state index contributed by atoms with van der Waals surface area (Å²) in [6.45, 7) is -0.464. The van der Waals surface area contributed by atoms with Crippen molar-refractivity contribution in [1.82, 2.24) is 0 Å². The molecule has 1 aromatic carbocycles. The highest BCUT2D eigenvalue weighted by Crippen LogP contribution is 2.23. The number of aliphatic hydroxyl groups excluding tert-OH is 1. The molecule has 2 N–H and O–H groups in total. The van der Waals surface area contributed by atoms with Gasteiger partial charge in [-0.1, -0.05) is 0 Å². The molecule has 15 heavy (non-hydrogen) atoms. The van der Waals surface area contributed by atoms with Crippen molar-refractivity contribution in [3.05, 3.63) is 28.5 Å². The summed E-state index contributed by atoms with van der Waals surface area (Å²) in [4.78, 5) is 0. The van der Waals surface area contributed by atoms with E-state index in [9.17, 15) is 12.8 Å². The number of rotatable bonds is 4. The van der Waals surface area contributed by atoms with E-state index in [1.807, 2.05) is 0 Å². The lowest BCUT2D eigenvalue weighted by atomic mass is 10.3. The van der Waals surface area contributed by atoms with E-state index in [0.717, 1.165) is 12.1 Å². The van der Waals surface area contributed by atoms with Crippen molar-refractivity contribution >= 4 is 31.6 Å². The predicted octanol–water partition coefficient (Wildman–Crippen LogP) is 1.32. The van der Waals surface area contributed by atoms with Crippen LogP contribution in [0.5, 0.6) is 0 Å². The van der Waals surface area contributed by atoms with E-state index < -0.39 is 28.2 Å². The fraction of sp³-hybridized carbons (Fsp3) is 0.250. The molecule has 0 aromatic heterocycles. The van der Waals surface area contributed by atoms with Crippen LogP contribution in [0.1, 0.15) is 0 Å². The maximum absolute atomic E-state index is 12.7. The van der Waals surface area contributed by atoms with Gasteiger partial charge in [0, 0.05) is 4.47 Å². The van der Waals surface area contributed by atoms with Gasteiger partial charge in [-0.2, -0.15) is 0 Å². The van der Waals surface area contributed by atoms with E-state index in [1.54, 1.807) is 0 Å². The SMILES string of the molecule is O=S(=O)(CCO)Nc1ccc(F)cc1Br. The summed E-state index contributed by atoms with van der Waals surface area (Å²) in [5.41, 5.74) is 0.241. The van der Waals surface area contributed by atoms with Gasteiger partial charge in [0.2, 0.25) is 10.0 Å². The molecule has 0 amide bonds. The van der Waals surface area contributed by atoms with Crippen molar-refractivity contribution in [2.75, 3.05) is 17.1 Å². The zero-order valence-corrected chi connectivity index (χ0v) is 9.98. The van der Waals surface area contributed by atoms with Gasteiger partial charge in [-0.15, -0.1) is 0 Å². The Morgan fingerprint density at radius 3 is 2.67 bits per heavy atom.